The number of benzene rings is 3. The molecule has 0 spiro atoms. The van der Waals surface area contributed by atoms with Crippen LogP contribution < -0.4 is 5.43 Å². The third-order valence-corrected chi connectivity index (χ3v) is 6.12. The van der Waals surface area contributed by atoms with Crippen molar-refractivity contribution in [2.75, 3.05) is 0 Å². The number of pyridine rings is 1. The van der Waals surface area contributed by atoms with Crippen molar-refractivity contribution in [3.63, 3.8) is 0 Å². The molecular formula is C24H19Cl2NO3. The molecule has 0 aliphatic carbocycles. The van der Waals surface area contributed by atoms with Crippen molar-refractivity contribution in [1.82, 2.24) is 4.57 Å². The molecule has 0 atom stereocenters. The quantitative estimate of drug-likeness (QED) is 0.377. The predicted molar refractivity (Wildman–Crippen MR) is 123 cm³/mol. The van der Waals surface area contributed by atoms with Gasteiger partial charge in [0.1, 0.15) is 6.54 Å². The van der Waals surface area contributed by atoms with Crippen molar-refractivity contribution < 1.29 is 9.90 Å². The van der Waals surface area contributed by atoms with Gasteiger partial charge in [-0.05, 0) is 46.9 Å². The molecule has 1 heterocycles. The second-order valence-electron chi connectivity index (χ2n) is 7.58. The van der Waals surface area contributed by atoms with Crippen molar-refractivity contribution in [2.45, 2.75) is 26.3 Å². The van der Waals surface area contributed by atoms with Gasteiger partial charge >= 0.3 is 5.97 Å². The lowest BCUT2D eigenvalue weighted by Gasteiger charge is -2.16. The highest BCUT2D eigenvalue weighted by molar-refractivity contribution is 6.45. The predicted octanol–water partition coefficient (Wildman–Crippen LogP) is 6.34. The summed E-state index contributed by atoms with van der Waals surface area (Å²) in [6, 6.07) is 16.8. The first-order valence-electron chi connectivity index (χ1n) is 9.54. The fraction of sp³-hybridized carbons (Fsp3) is 0.167. The van der Waals surface area contributed by atoms with Gasteiger partial charge < -0.3 is 9.67 Å². The molecule has 0 amide bonds. The summed E-state index contributed by atoms with van der Waals surface area (Å²) in [4.78, 5) is 24.7. The second kappa shape index (κ2) is 7.78. The zero-order chi connectivity index (χ0) is 21.6. The number of halogens is 2. The molecule has 0 bridgehead atoms. The lowest BCUT2D eigenvalue weighted by molar-refractivity contribution is -0.137. The van der Waals surface area contributed by atoms with Gasteiger partial charge in [0.15, 0.2) is 5.43 Å². The first kappa shape index (κ1) is 20.5. The highest BCUT2D eigenvalue weighted by Gasteiger charge is 2.17. The first-order chi connectivity index (χ1) is 14.3. The Kier molecular flexibility index (Phi) is 5.31. The van der Waals surface area contributed by atoms with Crippen LogP contribution in [0.1, 0.15) is 25.3 Å². The van der Waals surface area contributed by atoms with Crippen LogP contribution in [-0.2, 0) is 11.3 Å². The Morgan fingerprint density at radius 2 is 1.60 bits per heavy atom. The van der Waals surface area contributed by atoms with Gasteiger partial charge in [-0.2, -0.15) is 0 Å². The molecule has 152 valence electrons. The lowest BCUT2D eigenvalue weighted by Crippen LogP contribution is -2.16. The molecule has 0 radical (unpaired) electrons. The highest BCUT2D eigenvalue weighted by Crippen LogP contribution is 2.33. The third kappa shape index (κ3) is 3.47. The van der Waals surface area contributed by atoms with Gasteiger partial charge in [-0.3, -0.25) is 9.59 Å². The lowest BCUT2D eigenvalue weighted by atomic mass is 9.97. The summed E-state index contributed by atoms with van der Waals surface area (Å²) in [5.41, 5.74) is 3.72. The fourth-order valence-corrected chi connectivity index (χ4v) is 4.16. The molecule has 0 aliphatic rings. The monoisotopic (exact) mass is 439 g/mol. The second-order valence-corrected chi connectivity index (χ2v) is 8.36. The highest BCUT2D eigenvalue weighted by atomic mass is 35.5. The maximum absolute atomic E-state index is 13.1. The minimum atomic E-state index is -1.04. The number of hydrogen-bond acceptors (Lipinski definition) is 2. The Hall–Kier alpha value is -2.82. The molecule has 0 aliphatic heterocycles. The number of fused-ring (bicyclic) bond motifs is 2. The smallest absolute Gasteiger partial charge is 0.323 e. The fourth-order valence-electron chi connectivity index (χ4n) is 3.74. The summed E-state index contributed by atoms with van der Waals surface area (Å²) < 4.78 is 1.55. The van der Waals surface area contributed by atoms with Crippen molar-refractivity contribution >= 4 is 51.0 Å². The minimum Gasteiger partial charge on any atom is -0.480 e. The number of aliphatic carboxylic acids is 1. The Labute approximate surface area is 183 Å². The molecule has 3 aromatic carbocycles. The number of nitrogens with zero attached hydrogens (tertiary/aromatic N) is 1. The molecule has 1 aromatic heterocycles. The van der Waals surface area contributed by atoms with E-state index in [1.165, 1.54) is 5.56 Å². The van der Waals surface area contributed by atoms with E-state index < -0.39 is 5.97 Å². The van der Waals surface area contributed by atoms with Crippen molar-refractivity contribution in [3.8, 4) is 11.1 Å². The molecule has 0 saturated heterocycles. The van der Waals surface area contributed by atoms with Crippen molar-refractivity contribution in [1.29, 1.82) is 0 Å². The summed E-state index contributed by atoms with van der Waals surface area (Å²) >= 11 is 12.6. The SMILES string of the molecule is CC(C)c1ccc(-c2ccc3c(=O)c4ccc(Cl)c(Cl)c4n(CC(=O)O)c3c2)cc1. The van der Waals surface area contributed by atoms with Crippen LogP contribution >= 0.6 is 23.2 Å². The maximum Gasteiger partial charge on any atom is 0.323 e. The van der Waals surface area contributed by atoms with E-state index in [0.29, 0.717) is 27.7 Å². The van der Waals surface area contributed by atoms with Crippen LogP contribution in [0, 0.1) is 0 Å². The summed E-state index contributed by atoms with van der Waals surface area (Å²) in [5.74, 6) is -0.612. The van der Waals surface area contributed by atoms with E-state index in [1.54, 1.807) is 22.8 Å². The maximum atomic E-state index is 13.1. The zero-order valence-electron chi connectivity index (χ0n) is 16.4. The first-order valence-corrected chi connectivity index (χ1v) is 10.3. The number of carbonyl (C=O) groups is 1. The summed E-state index contributed by atoms with van der Waals surface area (Å²) in [6.45, 7) is 3.92. The van der Waals surface area contributed by atoms with E-state index in [2.05, 4.69) is 26.0 Å². The number of hydrogen-bond donors (Lipinski definition) is 1. The average molecular weight is 440 g/mol. The molecule has 0 fully saturated rings. The van der Waals surface area contributed by atoms with Crippen LogP contribution in [0.5, 0.6) is 0 Å². The number of aromatic nitrogens is 1. The number of rotatable bonds is 4. The van der Waals surface area contributed by atoms with Gasteiger partial charge in [-0.25, -0.2) is 0 Å². The topological polar surface area (TPSA) is 59.3 Å². The van der Waals surface area contributed by atoms with Crippen LogP contribution in [0.15, 0.2) is 59.4 Å². The average Bonchev–Trinajstić information content (AvgIpc) is 2.72. The van der Waals surface area contributed by atoms with Crippen molar-refractivity contribution in [3.05, 3.63) is 80.4 Å². The van der Waals surface area contributed by atoms with Gasteiger partial charge in [0.05, 0.1) is 21.1 Å². The van der Waals surface area contributed by atoms with E-state index in [9.17, 15) is 14.7 Å². The van der Waals surface area contributed by atoms with Gasteiger partial charge in [-0.1, -0.05) is 67.4 Å². The zero-order valence-corrected chi connectivity index (χ0v) is 18.0. The molecule has 4 nitrogen and oxygen atoms in total. The Morgan fingerprint density at radius 3 is 2.23 bits per heavy atom. The van der Waals surface area contributed by atoms with Gasteiger partial charge in [-0.15, -0.1) is 0 Å². The Bertz CT molecular complexity index is 1360. The molecule has 4 aromatic rings. The van der Waals surface area contributed by atoms with Crippen LogP contribution in [-0.4, -0.2) is 15.6 Å². The normalized spacial score (nSPS) is 11.5. The standard InChI is InChI=1S/C24H19Cl2NO3/c1-13(2)14-3-5-15(6-4-14)16-7-8-17-20(11-16)27(12-21(28)29)23-18(24(17)30)9-10-19(25)22(23)26/h3-11,13H,12H2,1-2H3,(H,28,29). The third-order valence-electron chi connectivity index (χ3n) is 5.32. The molecular weight excluding hydrogens is 421 g/mol. The van der Waals surface area contributed by atoms with E-state index in [0.717, 1.165) is 11.1 Å². The minimum absolute atomic E-state index is 0.168. The summed E-state index contributed by atoms with van der Waals surface area (Å²) in [6.07, 6.45) is 0. The van der Waals surface area contributed by atoms with Crippen LogP contribution in [0.3, 0.4) is 0 Å². The summed E-state index contributed by atoms with van der Waals surface area (Å²) in [7, 11) is 0. The van der Waals surface area contributed by atoms with Crippen LogP contribution in [0.4, 0.5) is 0 Å². The van der Waals surface area contributed by atoms with Crippen LogP contribution in [0.2, 0.25) is 10.0 Å². The van der Waals surface area contributed by atoms with Crippen molar-refractivity contribution in [2.24, 2.45) is 0 Å². The van der Waals surface area contributed by atoms with E-state index >= 15 is 0 Å². The van der Waals surface area contributed by atoms with Gasteiger partial charge in [0.2, 0.25) is 0 Å². The van der Waals surface area contributed by atoms with E-state index in [1.807, 2.05) is 24.3 Å². The largest absolute Gasteiger partial charge is 0.480 e. The molecule has 6 heteroatoms. The van der Waals surface area contributed by atoms with Gasteiger partial charge in [0.25, 0.3) is 0 Å². The van der Waals surface area contributed by atoms with E-state index in [-0.39, 0.29) is 22.0 Å². The van der Waals surface area contributed by atoms with E-state index in [4.69, 9.17) is 23.2 Å². The van der Waals surface area contributed by atoms with Crippen LogP contribution in [0.25, 0.3) is 32.9 Å². The molecule has 0 unspecified atom stereocenters. The molecule has 0 saturated carbocycles. The van der Waals surface area contributed by atoms with Gasteiger partial charge in [0, 0.05) is 10.8 Å². The molecule has 4 rings (SSSR count). The summed E-state index contributed by atoms with van der Waals surface area (Å²) in [5, 5.41) is 10.7. The Balaban J connectivity index is 2.05. The molecule has 30 heavy (non-hydrogen) atoms. The Morgan fingerprint density at radius 1 is 0.967 bits per heavy atom. The number of carboxylic acids is 1. The number of carboxylic acid groups (broad SMARTS) is 1. The molecule has 1 N–H and O–H groups in total.